The second kappa shape index (κ2) is 4.34. The van der Waals surface area contributed by atoms with Crippen LogP contribution in [0.25, 0.3) is 11.0 Å². The molecular weight excluding hydrogens is 278 g/mol. The topological polar surface area (TPSA) is 81.5 Å². The number of phenolic OH excluding ortho intramolecular Hbond substituents is 2. The van der Waals surface area contributed by atoms with Crippen LogP contribution in [0, 0.1) is 13.8 Å². The molecule has 5 nitrogen and oxygen atoms in total. The molecule has 0 aliphatic carbocycles. The van der Waals surface area contributed by atoms with E-state index in [1.54, 1.807) is 19.1 Å². The molecule has 0 radical (unpaired) electrons. The Bertz CT molecular complexity index is 954. The van der Waals surface area contributed by atoms with E-state index < -0.39 is 0 Å². The van der Waals surface area contributed by atoms with E-state index in [9.17, 15) is 10.2 Å². The van der Waals surface area contributed by atoms with Crippen LogP contribution >= 0.6 is 0 Å². The average molecular weight is 293 g/mol. The van der Waals surface area contributed by atoms with E-state index >= 15 is 0 Å². The van der Waals surface area contributed by atoms with E-state index in [1.807, 2.05) is 19.1 Å². The predicted molar refractivity (Wildman–Crippen MR) is 85.2 cm³/mol. The van der Waals surface area contributed by atoms with Gasteiger partial charge in [0, 0.05) is 12.0 Å². The lowest BCUT2D eigenvalue weighted by atomic mass is 10.0. The van der Waals surface area contributed by atoms with Gasteiger partial charge >= 0.3 is 0 Å². The van der Waals surface area contributed by atoms with E-state index in [-0.39, 0.29) is 11.5 Å². The zero-order chi connectivity index (χ0) is 15.4. The molecule has 0 fully saturated rings. The van der Waals surface area contributed by atoms with Crippen molar-refractivity contribution in [1.29, 1.82) is 0 Å². The Labute approximate surface area is 127 Å². The normalized spacial score (nSPS) is 13.5. The summed E-state index contributed by atoms with van der Waals surface area (Å²) in [6, 6.07) is 7.13. The summed E-state index contributed by atoms with van der Waals surface area (Å²) in [6.07, 6.45) is 0.624. The zero-order valence-corrected chi connectivity index (χ0v) is 12.3. The maximum Gasteiger partial charge on any atom is 0.125 e. The number of hydrogen-bond acceptors (Lipinski definition) is 4. The van der Waals surface area contributed by atoms with Gasteiger partial charge in [0.05, 0.1) is 22.4 Å². The summed E-state index contributed by atoms with van der Waals surface area (Å²) < 4.78 is 0. The van der Waals surface area contributed by atoms with Crippen molar-refractivity contribution in [2.45, 2.75) is 20.3 Å². The average Bonchev–Trinajstić information content (AvgIpc) is 3.01. The number of rotatable bonds is 1. The summed E-state index contributed by atoms with van der Waals surface area (Å²) in [7, 11) is 0. The number of hydrogen-bond donors (Lipinski definition) is 3. The lowest BCUT2D eigenvalue weighted by molar-refractivity contribution is 0.456. The number of phenols is 2. The predicted octanol–water partition coefficient (Wildman–Crippen LogP) is 3.27. The third-order valence-electron chi connectivity index (χ3n) is 4.04. The lowest BCUT2D eigenvalue weighted by Gasteiger charge is -2.07. The minimum absolute atomic E-state index is 0.140. The molecule has 1 aliphatic heterocycles. The highest BCUT2D eigenvalue weighted by Gasteiger charge is 2.21. The van der Waals surface area contributed by atoms with Crippen LogP contribution in [0.5, 0.6) is 11.5 Å². The Morgan fingerprint density at radius 2 is 1.86 bits per heavy atom. The summed E-state index contributed by atoms with van der Waals surface area (Å²) >= 11 is 0. The highest BCUT2D eigenvalue weighted by Crippen LogP contribution is 2.35. The standard InChI is InChI=1S/C17H15N3O2/c1-8-3-17(22)11(6-16(8)21)13-4-10-5-14-15(7-12(10)20-13)19-9(2)18-14/h3,5-7,21-22H,4H2,1-2H3,(H,18,19). The van der Waals surface area contributed by atoms with Gasteiger partial charge < -0.3 is 15.2 Å². The molecule has 3 N–H and O–H groups in total. The number of nitrogens with one attached hydrogen (secondary N) is 1. The summed E-state index contributed by atoms with van der Waals surface area (Å²) in [4.78, 5) is 12.2. The van der Waals surface area contributed by atoms with Gasteiger partial charge in [-0.2, -0.15) is 0 Å². The highest BCUT2D eigenvalue weighted by molar-refractivity contribution is 6.09. The van der Waals surface area contributed by atoms with Crippen molar-refractivity contribution in [2.24, 2.45) is 4.99 Å². The first kappa shape index (κ1) is 12.9. The van der Waals surface area contributed by atoms with Gasteiger partial charge in [0.25, 0.3) is 0 Å². The van der Waals surface area contributed by atoms with E-state index in [4.69, 9.17) is 0 Å². The highest BCUT2D eigenvalue weighted by atomic mass is 16.3. The maximum absolute atomic E-state index is 10.1. The smallest absolute Gasteiger partial charge is 0.125 e. The number of benzene rings is 2. The van der Waals surface area contributed by atoms with Crippen molar-refractivity contribution in [2.75, 3.05) is 0 Å². The number of aromatic nitrogens is 2. The number of aryl methyl sites for hydroxylation is 2. The number of H-pyrrole nitrogens is 1. The largest absolute Gasteiger partial charge is 0.508 e. The molecule has 0 bridgehead atoms. The number of aromatic amines is 1. The van der Waals surface area contributed by atoms with Crippen LogP contribution < -0.4 is 0 Å². The van der Waals surface area contributed by atoms with Crippen molar-refractivity contribution < 1.29 is 10.2 Å². The second-order valence-corrected chi connectivity index (χ2v) is 5.71. The minimum atomic E-state index is 0.140. The van der Waals surface area contributed by atoms with Crippen LogP contribution in [-0.4, -0.2) is 25.9 Å². The van der Waals surface area contributed by atoms with Crippen LogP contribution in [0.1, 0.15) is 22.5 Å². The van der Waals surface area contributed by atoms with Crippen LogP contribution in [0.3, 0.4) is 0 Å². The Morgan fingerprint density at radius 1 is 1.05 bits per heavy atom. The quantitative estimate of drug-likeness (QED) is 0.602. The Kier molecular flexibility index (Phi) is 2.54. The van der Waals surface area contributed by atoms with Gasteiger partial charge in [-0.05, 0) is 49.2 Å². The van der Waals surface area contributed by atoms with Gasteiger partial charge in [-0.3, -0.25) is 4.99 Å². The number of nitrogens with zero attached hydrogens (tertiary/aromatic N) is 2. The van der Waals surface area contributed by atoms with Gasteiger partial charge in [-0.15, -0.1) is 0 Å². The number of aliphatic imine (C=N–C) groups is 1. The fraction of sp³-hybridized carbons (Fsp3) is 0.176. The molecule has 1 aromatic heterocycles. The molecule has 2 heterocycles. The summed E-state index contributed by atoms with van der Waals surface area (Å²) in [5.41, 5.74) is 5.81. The fourth-order valence-electron chi connectivity index (χ4n) is 2.90. The molecule has 3 aromatic rings. The zero-order valence-electron chi connectivity index (χ0n) is 12.3. The molecule has 4 rings (SSSR count). The van der Waals surface area contributed by atoms with E-state index in [1.165, 1.54) is 0 Å². The van der Waals surface area contributed by atoms with Crippen molar-refractivity contribution >= 4 is 22.4 Å². The van der Waals surface area contributed by atoms with E-state index in [2.05, 4.69) is 15.0 Å². The molecule has 0 saturated heterocycles. The molecule has 0 unspecified atom stereocenters. The molecule has 22 heavy (non-hydrogen) atoms. The molecule has 2 aromatic carbocycles. The molecule has 1 aliphatic rings. The molecule has 0 saturated carbocycles. The van der Waals surface area contributed by atoms with E-state index in [0.29, 0.717) is 17.5 Å². The molecule has 0 spiro atoms. The fourth-order valence-corrected chi connectivity index (χ4v) is 2.90. The van der Waals surface area contributed by atoms with Crippen LogP contribution in [-0.2, 0) is 6.42 Å². The van der Waals surface area contributed by atoms with Crippen LogP contribution in [0.2, 0.25) is 0 Å². The van der Waals surface area contributed by atoms with Gasteiger partial charge in [0.15, 0.2) is 0 Å². The molecule has 0 amide bonds. The summed E-state index contributed by atoms with van der Waals surface area (Å²) in [5, 5.41) is 20.0. The third kappa shape index (κ3) is 1.86. The number of imidazole rings is 1. The lowest BCUT2D eigenvalue weighted by Crippen LogP contribution is -2.01. The van der Waals surface area contributed by atoms with Gasteiger partial charge in [-0.1, -0.05) is 0 Å². The monoisotopic (exact) mass is 293 g/mol. The Balaban J connectivity index is 1.82. The van der Waals surface area contributed by atoms with Crippen molar-refractivity contribution in [1.82, 2.24) is 9.97 Å². The first-order valence-electron chi connectivity index (χ1n) is 7.11. The Hall–Kier alpha value is -2.82. The van der Waals surface area contributed by atoms with Crippen molar-refractivity contribution in [3.05, 3.63) is 46.8 Å². The van der Waals surface area contributed by atoms with Gasteiger partial charge in [0.2, 0.25) is 0 Å². The first-order chi connectivity index (χ1) is 10.5. The number of fused-ring (bicyclic) bond motifs is 2. The SMILES string of the molecule is Cc1nc2cc3c(cc2[nH]1)CC(c1cc(O)c(C)cc1O)=N3. The van der Waals surface area contributed by atoms with E-state index in [0.717, 1.165) is 33.8 Å². The van der Waals surface area contributed by atoms with Crippen LogP contribution in [0.15, 0.2) is 29.3 Å². The second-order valence-electron chi connectivity index (χ2n) is 5.71. The Morgan fingerprint density at radius 3 is 2.68 bits per heavy atom. The summed E-state index contributed by atoms with van der Waals surface area (Å²) in [5.74, 6) is 1.18. The minimum Gasteiger partial charge on any atom is -0.508 e. The van der Waals surface area contributed by atoms with Crippen molar-refractivity contribution in [3.63, 3.8) is 0 Å². The van der Waals surface area contributed by atoms with Gasteiger partial charge in [0.1, 0.15) is 17.3 Å². The van der Waals surface area contributed by atoms with Crippen molar-refractivity contribution in [3.8, 4) is 11.5 Å². The molecular formula is C17H15N3O2. The molecule has 110 valence electrons. The molecule has 5 heteroatoms. The van der Waals surface area contributed by atoms with Crippen LogP contribution in [0.4, 0.5) is 5.69 Å². The third-order valence-corrected chi connectivity index (χ3v) is 4.04. The van der Waals surface area contributed by atoms with Gasteiger partial charge in [-0.25, -0.2) is 4.98 Å². The molecule has 0 atom stereocenters. The number of aromatic hydroxyl groups is 2. The first-order valence-corrected chi connectivity index (χ1v) is 7.11. The maximum atomic E-state index is 10.1. The summed E-state index contributed by atoms with van der Waals surface area (Å²) in [6.45, 7) is 3.67.